The van der Waals surface area contributed by atoms with Gasteiger partial charge in [-0.3, -0.25) is 0 Å². The summed E-state index contributed by atoms with van der Waals surface area (Å²) in [4.78, 5) is 0. The van der Waals surface area contributed by atoms with Gasteiger partial charge in [0.2, 0.25) is 0 Å². The van der Waals surface area contributed by atoms with Gasteiger partial charge in [0, 0.05) is 0 Å². The Morgan fingerprint density at radius 3 is 2.47 bits per heavy atom. The third-order valence-electron chi connectivity index (χ3n) is 2.61. The molecule has 1 aromatic rings. The second-order valence-electron chi connectivity index (χ2n) is 4.95. The van der Waals surface area contributed by atoms with Crippen LogP contribution >= 0.6 is 0 Å². The largest absolute Gasteiger partial charge is 0.493 e. The van der Waals surface area contributed by atoms with Crippen molar-refractivity contribution in [3.05, 3.63) is 29.3 Å². The highest BCUT2D eigenvalue weighted by molar-refractivity contribution is 5.34. The van der Waals surface area contributed by atoms with Crippen LogP contribution < -0.4 is 4.74 Å². The van der Waals surface area contributed by atoms with E-state index < -0.39 is 0 Å². The fraction of sp³-hybridized carbons (Fsp3) is 0.600. The predicted molar refractivity (Wildman–Crippen MR) is 71.3 cm³/mol. The van der Waals surface area contributed by atoms with E-state index in [4.69, 9.17) is 4.74 Å². The molecule has 1 aromatic carbocycles. The van der Waals surface area contributed by atoms with Crippen LogP contribution in [0, 0.1) is 5.92 Å². The first-order valence-corrected chi connectivity index (χ1v) is 6.52. The van der Waals surface area contributed by atoms with Gasteiger partial charge >= 0.3 is 0 Å². The van der Waals surface area contributed by atoms with E-state index in [0.717, 1.165) is 24.3 Å². The molecule has 1 N–H and O–H groups in total. The second-order valence-corrected chi connectivity index (χ2v) is 4.95. The minimum Gasteiger partial charge on any atom is -0.493 e. The molecule has 0 heterocycles. The fourth-order valence-corrected chi connectivity index (χ4v) is 1.69. The molecule has 0 spiro atoms. The molecule has 0 amide bonds. The quantitative estimate of drug-likeness (QED) is 0.784. The standard InChI is InChI=1S/C15H24O2/c1-4-5-6-13-7-14(10-16)9-15(8-13)17-11-12(2)3/h7-9,12,16H,4-6,10-11H2,1-3H3. The summed E-state index contributed by atoms with van der Waals surface area (Å²) in [6.45, 7) is 7.26. The Morgan fingerprint density at radius 1 is 1.18 bits per heavy atom. The maximum atomic E-state index is 9.23. The number of hydrogen-bond donors (Lipinski definition) is 1. The van der Waals surface area contributed by atoms with Crippen LogP contribution in [0.4, 0.5) is 0 Å². The van der Waals surface area contributed by atoms with Crippen molar-refractivity contribution in [1.29, 1.82) is 0 Å². The van der Waals surface area contributed by atoms with Gasteiger partial charge in [0.05, 0.1) is 13.2 Å². The Balaban J connectivity index is 2.73. The van der Waals surface area contributed by atoms with Crippen molar-refractivity contribution >= 4 is 0 Å². The SMILES string of the molecule is CCCCc1cc(CO)cc(OCC(C)C)c1. The average Bonchev–Trinajstić information content (AvgIpc) is 2.33. The summed E-state index contributed by atoms with van der Waals surface area (Å²) in [5, 5.41) is 9.23. The highest BCUT2D eigenvalue weighted by Gasteiger charge is 2.03. The van der Waals surface area contributed by atoms with Crippen molar-refractivity contribution in [2.24, 2.45) is 5.92 Å². The third-order valence-corrected chi connectivity index (χ3v) is 2.61. The highest BCUT2D eigenvalue weighted by Crippen LogP contribution is 2.19. The van der Waals surface area contributed by atoms with Crippen LogP contribution in [0.3, 0.4) is 0 Å². The zero-order valence-corrected chi connectivity index (χ0v) is 11.2. The Labute approximate surface area is 105 Å². The fourth-order valence-electron chi connectivity index (χ4n) is 1.69. The molecule has 0 aliphatic rings. The molecule has 2 nitrogen and oxygen atoms in total. The molecule has 0 aliphatic carbocycles. The van der Waals surface area contributed by atoms with Crippen LogP contribution in [0.25, 0.3) is 0 Å². The van der Waals surface area contributed by atoms with Gasteiger partial charge in [-0.15, -0.1) is 0 Å². The maximum absolute atomic E-state index is 9.23. The molecule has 0 unspecified atom stereocenters. The van der Waals surface area contributed by atoms with Crippen molar-refractivity contribution in [3.63, 3.8) is 0 Å². The maximum Gasteiger partial charge on any atom is 0.119 e. The van der Waals surface area contributed by atoms with Gasteiger partial charge in [-0.1, -0.05) is 33.3 Å². The van der Waals surface area contributed by atoms with Gasteiger partial charge in [0.15, 0.2) is 0 Å². The van der Waals surface area contributed by atoms with E-state index in [1.807, 2.05) is 6.07 Å². The van der Waals surface area contributed by atoms with Gasteiger partial charge in [-0.25, -0.2) is 0 Å². The Hall–Kier alpha value is -1.02. The van der Waals surface area contributed by atoms with E-state index in [1.165, 1.54) is 18.4 Å². The van der Waals surface area contributed by atoms with E-state index >= 15 is 0 Å². The van der Waals surface area contributed by atoms with Crippen molar-refractivity contribution in [1.82, 2.24) is 0 Å². The lowest BCUT2D eigenvalue weighted by Gasteiger charge is -2.12. The molecule has 0 saturated carbocycles. The molecule has 0 aliphatic heterocycles. The molecule has 17 heavy (non-hydrogen) atoms. The number of aliphatic hydroxyl groups excluding tert-OH is 1. The second kappa shape index (κ2) is 7.33. The van der Waals surface area contributed by atoms with Gasteiger partial charge in [-0.2, -0.15) is 0 Å². The monoisotopic (exact) mass is 236 g/mol. The summed E-state index contributed by atoms with van der Waals surface area (Å²) in [7, 11) is 0. The molecular weight excluding hydrogens is 212 g/mol. The number of rotatable bonds is 7. The summed E-state index contributed by atoms with van der Waals surface area (Å²) in [6.07, 6.45) is 3.42. The summed E-state index contributed by atoms with van der Waals surface area (Å²) < 4.78 is 5.72. The molecule has 0 fully saturated rings. The van der Waals surface area contributed by atoms with Crippen LogP contribution in [-0.2, 0) is 13.0 Å². The minimum atomic E-state index is 0.0814. The lowest BCUT2D eigenvalue weighted by Crippen LogP contribution is -2.05. The van der Waals surface area contributed by atoms with Gasteiger partial charge in [-0.05, 0) is 42.0 Å². The molecule has 0 radical (unpaired) electrons. The van der Waals surface area contributed by atoms with E-state index in [9.17, 15) is 5.11 Å². The van der Waals surface area contributed by atoms with Crippen molar-refractivity contribution in [2.45, 2.75) is 46.6 Å². The summed E-state index contributed by atoms with van der Waals surface area (Å²) in [6, 6.07) is 6.09. The van der Waals surface area contributed by atoms with Crippen molar-refractivity contribution < 1.29 is 9.84 Å². The lowest BCUT2D eigenvalue weighted by atomic mass is 10.1. The molecule has 1 rings (SSSR count). The van der Waals surface area contributed by atoms with Crippen LogP contribution in [0.2, 0.25) is 0 Å². The topological polar surface area (TPSA) is 29.5 Å². The Bertz CT molecular complexity index is 332. The molecule has 96 valence electrons. The number of benzene rings is 1. The zero-order valence-electron chi connectivity index (χ0n) is 11.2. The lowest BCUT2D eigenvalue weighted by molar-refractivity contribution is 0.265. The Kier molecular flexibility index (Phi) is 6.06. The first-order chi connectivity index (χ1) is 8.15. The summed E-state index contributed by atoms with van der Waals surface area (Å²) in [5.41, 5.74) is 2.20. The highest BCUT2D eigenvalue weighted by atomic mass is 16.5. The van der Waals surface area contributed by atoms with E-state index in [1.54, 1.807) is 0 Å². The predicted octanol–water partition coefficient (Wildman–Crippen LogP) is 3.56. The number of hydrogen-bond acceptors (Lipinski definition) is 2. The average molecular weight is 236 g/mol. The van der Waals surface area contributed by atoms with Gasteiger partial charge in [0.25, 0.3) is 0 Å². The molecule has 2 heteroatoms. The molecular formula is C15H24O2. The van der Waals surface area contributed by atoms with Crippen LogP contribution in [0.15, 0.2) is 18.2 Å². The van der Waals surface area contributed by atoms with E-state index in [2.05, 4.69) is 32.9 Å². The van der Waals surface area contributed by atoms with Gasteiger partial charge in [0.1, 0.15) is 5.75 Å². The zero-order chi connectivity index (χ0) is 12.7. The summed E-state index contributed by atoms with van der Waals surface area (Å²) in [5.74, 6) is 1.41. The van der Waals surface area contributed by atoms with Crippen LogP contribution in [-0.4, -0.2) is 11.7 Å². The first kappa shape index (κ1) is 14.0. The van der Waals surface area contributed by atoms with E-state index in [-0.39, 0.29) is 6.61 Å². The van der Waals surface area contributed by atoms with Gasteiger partial charge < -0.3 is 9.84 Å². The molecule has 0 aromatic heterocycles. The number of aryl methyl sites for hydroxylation is 1. The summed E-state index contributed by atoms with van der Waals surface area (Å²) >= 11 is 0. The third kappa shape index (κ3) is 5.22. The molecule has 0 saturated heterocycles. The van der Waals surface area contributed by atoms with Crippen molar-refractivity contribution in [3.8, 4) is 5.75 Å². The number of unbranched alkanes of at least 4 members (excludes halogenated alkanes) is 1. The van der Waals surface area contributed by atoms with Crippen LogP contribution in [0.5, 0.6) is 5.75 Å². The molecule has 0 atom stereocenters. The smallest absolute Gasteiger partial charge is 0.119 e. The Morgan fingerprint density at radius 2 is 1.88 bits per heavy atom. The van der Waals surface area contributed by atoms with E-state index in [0.29, 0.717) is 5.92 Å². The number of ether oxygens (including phenoxy) is 1. The number of aliphatic hydroxyl groups is 1. The van der Waals surface area contributed by atoms with Crippen molar-refractivity contribution in [2.75, 3.05) is 6.61 Å². The van der Waals surface area contributed by atoms with Crippen LogP contribution in [0.1, 0.15) is 44.7 Å². The minimum absolute atomic E-state index is 0.0814. The normalized spacial score (nSPS) is 10.9. The first-order valence-electron chi connectivity index (χ1n) is 6.52. The molecule has 0 bridgehead atoms.